The van der Waals surface area contributed by atoms with Crippen molar-refractivity contribution in [2.24, 2.45) is 0 Å². The maximum Gasteiger partial charge on any atom is 0.407 e. The van der Waals surface area contributed by atoms with Crippen LogP contribution < -0.4 is 21.1 Å². The Hall–Kier alpha value is -4.08. The molecule has 2 aromatic rings. The Kier molecular flexibility index (Phi) is 14.4. The molecule has 4 amide bonds. The Balaban J connectivity index is 1.43. The van der Waals surface area contributed by atoms with Crippen LogP contribution in [-0.4, -0.2) is 55.1 Å². The van der Waals surface area contributed by atoms with E-state index in [2.05, 4.69) is 16.0 Å². The van der Waals surface area contributed by atoms with Crippen molar-refractivity contribution < 1.29 is 29.0 Å². The number of carboxylic acid groups (broad SMARTS) is 1. The fourth-order valence-corrected chi connectivity index (χ4v) is 3.54. The lowest BCUT2D eigenvalue weighted by Crippen LogP contribution is -2.41. The molecule has 0 heterocycles. The summed E-state index contributed by atoms with van der Waals surface area (Å²) < 4.78 is 5.12. The van der Waals surface area contributed by atoms with Crippen LogP contribution in [0.1, 0.15) is 49.7 Å². The van der Waals surface area contributed by atoms with Crippen molar-refractivity contribution in [3.05, 3.63) is 71.8 Å². The number of rotatable bonds is 17. The van der Waals surface area contributed by atoms with Crippen molar-refractivity contribution in [1.82, 2.24) is 20.9 Å². The summed E-state index contributed by atoms with van der Waals surface area (Å²) in [6.45, 7) is 2.11. The Bertz CT molecular complexity index is 987. The van der Waals surface area contributed by atoms with E-state index >= 15 is 0 Å². The van der Waals surface area contributed by atoms with Gasteiger partial charge in [0.15, 0.2) is 0 Å². The van der Waals surface area contributed by atoms with E-state index < -0.39 is 12.2 Å². The number of ether oxygens (including phenoxy) is 1. The molecule has 0 aliphatic rings. The van der Waals surface area contributed by atoms with Crippen molar-refractivity contribution in [1.29, 1.82) is 0 Å². The summed E-state index contributed by atoms with van der Waals surface area (Å²) in [6.07, 6.45) is 1.04. The van der Waals surface area contributed by atoms with Crippen LogP contribution in [0.4, 0.5) is 9.59 Å². The van der Waals surface area contributed by atoms with Gasteiger partial charge in [0.2, 0.25) is 11.8 Å². The van der Waals surface area contributed by atoms with E-state index in [0.717, 1.165) is 11.1 Å². The highest BCUT2D eigenvalue weighted by Gasteiger charge is 2.08. The highest BCUT2D eigenvalue weighted by atomic mass is 16.5. The van der Waals surface area contributed by atoms with Crippen LogP contribution in [0.2, 0.25) is 0 Å². The van der Waals surface area contributed by atoms with Crippen LogP contribution in [0, 0.1) is 0 Å². The second-order valence-corrected chi connectivity index (χ2v) is 8.78. The molecule has 10 heteroatoms. The molecule has 0 fully saturated rings. The van der Waals surface area contributed by atoms with Gasteiger partial charge in [-0.2, -0.15) is 0 Å². The molecule has 10 nitrogen and oxygen atoms in total. The molecule has 0 unspecified atom stereocenters. The number of carbonyl (C=O) groups excluding carboxylic acids is 4. The van der Waals surface area contributed by atoms with E-state index in [1.807, 2.05) is 60.7 Å². The number of amides is 4. The van der Waals surface area contributed by atoms with E-state index in [-0.39, 0.29) is 37.8 Å². The smallest absolute Gasteiger partial charge is 0.407 e. The van der Waals surface area contributed by atoms with Crippen LogP contribution in [0.25, 0.3) is 0 Å². The van der Waals surface area contributed by atoms with Gasteiger partial charge in [0, 0.05) is 45.6 Å². The predicted molar refractivity (Wildman–Crippen MR) is 141 cm³/mol. The maximum absolute atomic E-state index is 12.0. The standard InChI is InChI=1S/C28H38N4O6/c33-25(29-17-7-8-19-31-27(35)38-22-24-13-5-2-6-14-24)15-16-26(34)30-18-9-10-20-32(28(36)37)21-23-11-3-1-4-12-23/h1-6,11-14H,7-10,15-22H2,(H,29,33)(H,30,34)(H,31,35)(H,36,37)/p-1. The number of alkyl carbamates (subject to hydrolysis) is 1. The number of nitrogens with one attached hydrogen (secondary N) is 3. The normalized spacial score (nSPS) is 10.3. The van der Waals surface area contributed by atoms with Crippen LogP contribution in [0.15, 0.2) is 60.7 Å². The Morgan fingerprint density at radius 1 is 0.684 bits per heavy atom. The minimum absolute atomic E-state index is 0.0832. The van der Waals surface area contributed by atoms with Gasteiger partial charge in [0.1, 0.15) is 12.7 Å². The molecule has 0 aromatic heterocycles. The zero-order valence-corrected chi connectivity index (χ0v) is 21.7. The minimum atomic E-state index is -1.22. The summed E-state index contributed by atoms with van der Waals surface area (Å²) in [5.74, 6) is -0.430. The molecule has 2 aromatic carbocycles. The summed E-state index contributed by atoms with van der Waals surface area (Å²) >= 11 is 0. The number of hydrogen-bond donors (Lipinski definition) is 3. The van der Waals surface area contributed by atoms with Gasteiger partial charge < -0.3 is 35.5 Å². The highest BCUT2D eigenvalue weighted by molar-refractivity contribution is 5.83. The molecule has 0 spiro atoms. The highest BCUT2D eigenvalue weighted by Crippen LogP contribution is 2.05. The second kappa shape index (κ2) is 18.2. The molecule has 3 N–H and O–H groups in total. The number of carbonyl (C=O) groups is 4. The van der Waals surface area contributed by atoms with Gasteiger partial charge in [-0.15, -0.1) is 0 Å². The average molecular weight is 526 g/mol. The summed E-state index contributed by atoms with van der Waals surface area (Å²) in [4.78, 5) is 48.1. The summed E-state index contributed by atoms with van der Waals surface area (Å²) in [7, 11) is 0. The van der Waals surface area contributed by atoms with E-state index in [4.69, 9.17) is 4.74 Å². The first kappa shape index (κ1) is 30.1. The number of benzene rings is 2. The van der Waals surface area contributed by atoms with E-state index in [1.54, 1.807) is 0 Å². The number of hydrogen-bond acceptors (Lipinski definition) is 6. The number of unbranched alkanes of at least 4 members (excludes halogenated alkanes) is 2. The molecule has 0 radical (unpaired) electrons. The third-order valence-corrected chi connectivity index (χ3v) is 5.64. The molecular weight excluding hydrogens is 488 g/mol. The lowest BCUT2D eigenvalue weighted by molar-refractivity contribution is -0.266. The van der Waals surface area contributed by atoms with E-state index in [1.165, 1.54) is 4.90 Å². The molecule has 0 saturated heterocycles. The SMILES string of the molecule is O=C(CCC(=O)NCCCCN(Cc1ccccc1)C(=O)[O-])NCCCCNC(=O)OCc1ccccc1. The largest absolute Gasteiger partial charge is 0.530 e. The molecule has 0 saturated carbocycles. The van der Waals surface area contributed by atoms with Gasteiger partial charge in [-0.1, -0.05) is 60.7 Å². The van der Waals surface area contributed by atoms with E-state index in [9.17, 15) is 24.3 Å². The third kappa shape index (κ3) is 13.9. The number of nitrogens with zero attached hydrogens (tertiary/aromatic N) is 1. The quantitative estimate of drug-likeness (QED) is 0.271. The monoisotopic (exact) mass is 525 g/mol. The third-order valence-electron chi connectivity index (χ3n) is 5.64. The van der Waals surface area contributed by atoms with Crippen LogP contribution in [0.3, 0.4) is 0 Å². The second-order valence-electron chi connectivity index (χ2n) is 8.78. The molecule has 2 rings (SSSR count). The van der Waals surface area contributed by atoms with Gasteiger partial charge in [-0.3, -0.25) is 9.59 Å². The molecule has 206 valence electrons. The first-order valence-corrected chi connectivity index (χ1v) is 12.9. The van der Waals surface area contributed by atoms with Crippen molar-refractivity contribution in [3.8, 4) is 0 Å². The summed E-state index contributed by atoms with van der Waals surface area (Å²) in [6, 6.07) is 18.7. The topological polar surface area (TPSA) is 140 Å². The maximum atomic E-state index is 12.0. The zero-order chi connectivity index (χ0) is 27.4. The van der Waals surface area contributed by atoms with Gasteiger partial charge >= 0.3 is 6.09 Å². The van der Waals surface area contributed by atoms with Crippen molar-refractivity contribution >= 4 is 24.0 Å². The van der Waals surface area contributed by atoms with Crippen molar-refractivity contribution in [2.75, 3.05) is 26.2 Å². The first-order valence-electron chi connectivity index (χ1n) is 12.9. The Labute approximate surface area is 223 Å². The van der Waals surface area contributed by atoms with Gasteiger partial charge in [0.25, 0.3) is 0 Å². The van der Waals surface area contributed by atoms with Gasteiger partial charge in [0.05, 0.1) is 0 Å². The average Bonchev–Trinajstić information content (AvgIpc) is 2.92. The van der Waals surface area contributed by atoms with Crippen molar-refractivity contribution in [2.45, 2.75) is 51.7 Å². The summed E-state index contributed by atoms with van der Waals surface area (Å²) in [5.41, 5.74) is 1.80. The van der Waals surface area contributed by atoms with Crippen LogP contribution in [-0.2, 0) is 27.5 Å². The van der Waals surface area contributed by atoms with E-state index in [0.29, 0.717) is 51.9 Å². The molecular formula is C28H37N4O6-. The lowest BCUT2D eigenvalue weighted by atomic mass is 10.2. The van der Waals surface area contributed by atoms with Crippen molar-refractivity contribution in [3.63, 3.8) is 0 Å². The first-order chi connectivity index (χ1) is 18.4. The summed E-state index contributed by atoms with van der Waals surface area (Å²) in [5, 5.41) is 19.5. The van der Waals surface area contributed by atoms with Crippen LogP contribution >= 0.6 is 0 Å². The Morgan fingerprint density at radius 2 is 1.18 bits per heavy atom. The Morgan fingerprint density at radius 3 is 1.74 bits per heavy atom. The van der Waals surface area contributed by atoms with Gasteiger partial charge in [-0.05, 0) is 36.8 Å². The molecule has 0 atom stereocenters. The fraction of sp³-hybridized carbons (Fsp3) is 0.429. The molecule has 0 aliphatic heterocycles. The van der Waals surface area contributed by atoms with Gasteiger partial charge in [-0.25, -0.2) is 4.79 Å². The minimum Gasteiger partial charge on any atom is -0.530 e. The molecule has 38 heavy (non-hydrogen) atoms. The fourth-order valence-electron chi connectivity index (χ4n) is 3.54. The molecule has 0 bridgehead atoms. The molecule has 0 aliphatic carbocycles. The lowest BCUT2D eigenvalue weighted by Gasteiger charge is -2.25. The predicted octanol–water partition coefficient (Wildman–Crippen LogP) is 2.33. The van der Waals surface area contributed by atoms with Crippen LogP contribution in [0.5, 0.6) is 0 Å². The zero-order valence-electron chi connectivity index (χ0n) is 21.7.